The van der Waals surface area contributed by atoms with Crippen LogP contribution >= 0.6 is 0 Å². The Labute approximate surface area is 101 Å². The van der Waals surface area contributed by atoms with Gasteiger partial charge in [-0.15, -0.1) is 0 Å². The van der Waals surface area contributed by atoms with Gasteiger partial charge in [0.15, 0.2) is 0 Å². The first-order valence-corrected chi connectivity index (χ1v) is 7.09. The Hall–Kier alpha value is -0.0800. The Bertz CT molecular complexity index is 211. The van der Waals surface area contributed by atoms with E-state index in [9.17, 15) is 0 Å². The molecular formula is C14H28N2. The molecule has 0 spiro atoms. The zero-order valence-electron chi connectivity index (χ0n) is 11.3. The summed E-state index contributed by atoms with van der Waals surface area (Å²) in [6, 6.07) is 1.71. The van der Waals surface area contributed by atoms with Gasteiger partial charge in [0.2, 0.25) is 0 Å². The van der Waals surface area contributed by atoms with E-state index in [2.05, 4.69) is 31.0 Å². The zero-order valence-corrected chi connectivity index (χ0v) is 11.3. The van der Waals surface area contributed by atoms with Crippen molar-refractivity contribution >= 4 is 0 Å². The molecule has 0 aromatic heterocycles. The molecule has 94 valence electrons. The fourth-order valence-corrected chi connectivity index (χ4v) is 3.15. The van der Waals surface area contributed by atoms with Crippen LogP contribution in [-0.2, 0) is 0 Å². The Morgan fingerprint density at radius 2 is 1.75 bits per heavy atom. The maximum atomic E-state index is 3.41. The summed E-state index contributed by atoms with van der Waals surface area (Å²) in [6.07, 6.45) is 6.97. The smallest absolute Gasteiger partial charge is 0.0348 e. The highest BCUT2D eigenvalue weighted by atomic mass is 15.3. The predicted octanol–water partition coefficient (Wildman–Crippen LogP) is 2.64. The highest BCUT2D eigenvalue weighted by molar-refractivity contribution is 4.91. The van der Waals surface area contributed by atoms with Gasteiger partial charge in [-0.3, -0.25) is 4.90 Å². The van der Waals surface area contributed by atoms with Crippen LogP contribution in [-0.4, -0.2) is 36.6 Å². The van der Waals surface area contributed by atoms with Gasteiger partial charge in [0.1, 0.15) is 0 Å². The monoisotopic (exact) mass is 224 g/mol. The minimum atomic E-state index is 0.603. The number of nitrogens with one attached hydrogen (secondary N) is 1. The highest BCUT2D eigenvalue weighted by Gasteiger charge is 2.34. The Morgan fingerprint density at radius 1 is 1.12 bits per heavy atom. The first kappa shape index (κ1) is 12.4. The summed E-state index contributed by atoms with van der Waals surface area (Å²) < 4.78 is 0. The van der Waals surface area contributed by atoms with Crippen LogP contribution in [0.4, 0.5) is 0 Å². The fraction of sp³-hybridized carbons (Fsp3) is 1.00. The number of hydrogen-bond acceptors (Lipinski definition) is 2. The first-order valence-electron chi connectivity index (χ1n) is 7.09. The van der Waals surface area contributed by atoms with Gasteiger partial charge in [0.25, 0.3) is 0 Å². The molecule has 0 amide bonds. The second kappa shape index (κ2) is 5.05. The third kappa shape index (κ3) is 2.78. The van der Waals surface area contributed by atoms with Crippen LogP contribution in [0.15, 0.2) is 0 Å². The van der Waals surface area contributed by atoms with Gasteiger partial charge in [-0.05, 0) is 44.1 Å². The molecule has 1 heterocycles. The minimum absolute atomic E-state index is 0.603. The molecule has 1 N–H and O–H groups in total. The molecule has 0 bridgehead atoms. The second-order valence-electron chi connectivity index (χ2n) is 6.45. The summed E-state index contributed by atoms with van der Waals surface area (Å²) in [7, 11) is 0. The van der Waals surface area contributed by atoms with E-state index in [0.717, 1.165) is 12.1 Å². The average molecular weight is 224 g/mol. The van der Waals surface area contributed by atoms with E-state index < -0.39 is 0 Å². The molecule has 0 aromatic carbocycles. The molecule has 2 aliphatic rings. The van der Waals surface area contributed by atoms with Crippen molar-refractivity contribution in [2.75, 3.05) is 19.6 Å². The van der Waals surface area contributed by atoms with Gasteiger partial charge in [-0.1, -0.05) is 20.8 Å². The van der Waals surface area contributed by atoms with Crippen molar-refractivity contribution in [3.8, 4) is 0 Å². The molecule has 0 atom stereocenters. The van der Waals surface area contributed by atoms with E-state index in [0.29, 0.717) is 5.41 Å². The third-order valence-corrected chi connectivity index (χ3v) is 4.49. The Kier molecular flexibility index (Phi) is 3.91. The van der Waals surface area contributed by atoms with Crippen LogP contribution < -0.4 is 5.32 Å². The van der Waals surface area contributed by atoms with E-state index in [1.54, 1.807) is 0 Å². The Morgan fingerprint density at radius 3 is 2.19 bits per heavy atom. The van der Waals surface area contributed by atoms with Gasteiger partial charge < -0.3 is 5.32 Å². The quantitative estimate of drug-likeness (QED) is 0.790. The van der Waals surface area contributed by atoms with E-state index in [4.69, 9.17) is 0 Å². The largest absolute Gasteiger partial charge is 0.314 e. The lowest BCUT2D eigenvalue weighted by Crippen LogP contribution is -2.60. The normalized spacial score (nSPS) is 27.0. The summed E-state index contributed by atoms with van der Waals surface area (Å²) in [6.45, 7) is 10.9. The van der Waals surface area contributed by atoms with Crippen LogP contribution in [0.5, 0.6) is 0 Å². The standard InChI is InChI=1S/C14H28N2/c1-4-9-16(13-10-15-11-13)12-5-7-14(2,3)8-6-12/h12-13,15H,4-11H2,1-3H3. The van der Waals surface area contributed by atoms with Crippen LogP contribution in [0.2, 0.25) is 0 Å². The molecule has 1 aliphatic carbocycles. The number of nitrogens with zero attached hydrogens (tertiary/aromatic N) is 1. The molecule has 1 saturated carbocycles. The molecule has 2 heteroatoms. The van der Waals surface area contributed by atoms with Gasteiger partial charge in [-0.25, -0.2) is 0 Å². The number of hydrogen-bond donors (Lipinski definition) is 1. The minimum Gasteiger partial charge on any atom is -0.314 e. The molecule has 2 fully saturated rings. The molecule has 2 nitrogen and oxygen atoms in total. The van der Waals surface area contributed by atoms with E-state index in [1.807, 2.05) is 0 Å². The van der Waals surface area contributed by atoms with Crippen LogP contribution in [0.3, 0.4) is 0 Å². The molecule has 0 unspecified atom stereocenters. The molecule has 0 radical (unpaired) electrons. The summed E-state index contributed by atoms with van der Waals surface area (Å²) in [4.78, 5) is 2.80. The molecule has 1 aliphatic heterocycles. The maximum Gasteiger partial charge on any atom is 0.0348 e. The van der Waals surface area contributed by atoms with E-state index in [1.165, 1.54) is 51.7 Å². The van der Waals surface area contributed by atoms with Crippen molar-refractivity contribution in [1.29, 1.82) is 0 Å². The second-order valence-corrected chi connectivity index (χ2v) is 6.45. The van der Waals surface area contributed by atoms with Crippen LogP contribution in [0.1, 0.15) is 52.9 Å². The van der Waals surface area contributed by atoms with Crippen molar-refractivity contribution in [1.82, 2.24) is 10.2 Å². The topological polar surface area (TPSA) is 15.3 Å². The summed E-state index contributed by atoms with van der Waals surface area (Å²) >= 11 is 0. The molecule has 1 saturated heterocycles. The summed E-state index contributed by atoms with van der Waals surface area (Å²) in [5, 5.41) is 3.41. The highest BCUT2D eigenvalue weighted by Crippen LogP contribution is 2.37. The van der Waals surface area contributed by atoms with Crippen molar-refractivity contribution in [3.63, 3.8) is 0 Å². The van der Waals surface area contributed by atoms with Crippen LogP contribution in [0.25, 0.3) is 0 Å². The van der Waals surface area contributed by atoms with Gasteiger partial charge >= 0.3 is 0 Å². The van der Waals surface area contributed by atoms with E-state index in [-0.39, 0.29) is 0 Å². The van der Waals surface area contributed by atoms with Crippen molar-refractivity contribution in [2.24, 2.45) is 5.41 Å². The number of rotatable bonds is 4. The Balaban J connectivity index is 1.88. The van der Waals surface area contributed by atoms with Crippen LogP contribution in [0, 0.1) is 5.41 Å². The lowest BCUT2D eigenvalue weighted by molar-refractivity contribution is 0.0493. The molecule has 16 heavy (non-hydrogen) atoms. The molecular weight excluding hydrogens is 196 g/mol. The predicted molar refractivity (Wildman–Crippen MR) is 69.7 cm³/mol. The van der Waals surface area contributed by atoms with Gasteiger partial charge in [-0.2, -0.15) is 0 Å². The molecule has 0 aromatic rings. The lowest BCUT2D eigenvalue weighted by Gasteiger charge is -2.46. The summed E-state index contributed by atoms with van der Waals surface area (Å²) in [5.74, 6) is 0. The van der Waals surface area contributed by atoms with Crippen molar-refractivity contribution in [3.05, 3.63) is 0 Å². The van der Waals surface area contributed by atoms with Crippen molar-refractivity contribution in [2.45, 2.75) is 65.0 Å². The zero-order chi connectivity index (χ0) is 11.6. The average Bonchev–Trinajstić information content (AvgIpc) is 2.14. The van der Waals surface area contributed by atoms with Crippen molar-refractivity contribution < 1.29 is 0 Å². The lowest BCUT2D eigenvalue weighted by atomic mass is 9.75. The maximum absolute atomic E-state index is 3.41. The summed E-state index contributed by atoms with van der Waals surface area (Å²) in [5.41, 5.74) is 0.603. The molecule has 2 rings (SSSR count). The first-order chi connectivity index (χ1) is 7.62. The fourth-order valence-electron chi connectivity index (χ4n) is 3.15. The third-order valence-electron chi connectivity index (χ3n) is 4.49. The van der Waals surface area contributed by atoms with Gasteiger partial charge in [0.05, 0.1) is 0 Å². The SMILES string of the molecule is CCCN(C1CCC(C)(C)CC1)C1CNC1. The van der Waals surface area contributed by atoms with Gasteiger partial charge in [0, 0.05) is 25.2 Å². The van der Waals surface area contributed by atoms with E-state index >= 15 is 0 Å².